The Morgan fingerprint density at radius 3 is 2.57 bits per heavy atom. The summed E-state index contributed by atoms with van der Waals surface area (Å²) in [5.41, 5.74) is 0.850. The Hall–Kier alpha value is -1.15. The summed E-state index contributed by atoms with van der Waals surface area (Å²) < 4.78 is 27.9. The van der Waals surface area contributed by atoms with Gasteiger partial charge in [-0.15, -0.1) is 12.4 Å². The molecule has 1 aliphatic rings. The van der Waals surface area contributed by atoms with Crippen LogP contribution in [0.4, 0.5) is 0 Å². The van der Waals surface area contributed by atoms with Crippen molar-refractivity contribution in [2.24, 2.45) is 0 Å². The number of benzene rings is 1. The van der Waals surface area contributed by atoms with E-state index in [0.717, 1.165) is 5.56 Å². The van der Waals surface area contributed by atoms with Gasteiger partial charge in [0.1, 0.15) is 6.04 Å². The van der Waals surface area contributed by atoms with E-state index in [-0.39, 0.29) is 29.3 Å². The van der Waals surface area contributed by atoms with Crippen LogP contribution in [0.15, 0.2) is 29.2 Å². The number of ether oxygens (including phenoxy) is 1. The fourth-order valence-corrected chi connectivity index (χ4v) is 2.53. The quantitative estimate of drug-likeness (QED) is 0.817. The second-order valence-electron chi connectivity index (χ2n) is 4.72. The summed E-state index contributed by atoms with van der Waals surface area (Å²) in [6.07, 6.45) is 1.17. The molecule has 0 aliphatic carbocycles. The van der Waals surface area contributed by atoms with Crippen molar-refractivity contribution in [3.05, 3.63) is 29.8 Å². The lowest BCUT2D eigenvalue weighted by atomic mass is 10.2. The van der Waals surface area contributed by atoms with Crippen LogP contribution in [0.1, 0.15) is 5.56 Å². The molecule has 1 aliphatic heterocycles. The second kappa shape index (κ2) is 7.74. The first-order chi connectivity index (χ1) is 9.47. The molecule has 1 atom stereocenters. The number of nitrogens with one attached hydrogen (secondary N) is 2. The molecule has 1 unspecified atom stereocenters. The second-order valence-corrected chi connectivity index (χ2v) is 6.73. The van der Waals surface area contributed by atoms with Gasteiger partial charge in [-0.2, -0.15) is 0 Å². The molecule has 2 N–H and O–H groups in total. The van der Waals surface area contributed by atoms with Crippen molar-refractivity contribution in [1.82, 2.24) is 10.6 Å². The predicted molar refractivity (Wildman–Crippen MR) is 81.3 cm³/mol. The number of hydrogen-bond acceptors (Lipinski definition) is 5. The first kappa shape index (κ1) is 17.9. The zero-order valence-electron chi connectivity index (χ0n) is 11.7. The Bertz CT molecular complexity index is 568. The van der Waals surface area contributed by atoms with Crippen molar-refractivity contribution >= 4 is 28.2 Å². The summed E-state index contributed by atoms with van der Waals surface area (Å²) in [5, 5.41) is 5.86. The van der Waals surface area contributed by atoms with Crippen LogP contribution < -0.4 is 10.6 Å². The maximum Gasteiger partial charge on any atom is 0.239 e. The molecule has 6 nitrogen and oxygen atoms in total. The lowest BCUT2D eigenvalue weighted by Crippen LogP contribution is -2.51. The molecule has 0 bridgehead atoms. The van der Waals surface area contributed by atoms with Crippen molar-refractivity contribution in [1.29, 1.82) is 0 Å². The fraction of sp³-hybridized carbons (Fsp3) is 0.462. The number of halogens is 1. The van der Waals surface area contributed by atoms with Gasteiger partial charge in [0.15, 0.2) is 9.84 Å². The predicted octanol–water partition coefficient (Wildman–Crippen LogP) is 0.116. The standard InChI is InChI=1S/C13H18N2O4S.ClH/c1-20(17,18)11-4-2-10(3-5-11)8-15-13(16)12-9-19-7-6-14-12;/h2-5,12,14H,6-9H2,1H3,(H,15,16);1H. The van der Waals surface area contributed by atoms with Crippen LogP contribution in [0.25, 0.3) is 0 Å². The molecule has 21 heavy (non-hydrogen) atoms. The van der Waals surface area contributed by atoms with Gasteiger partial charge < -0.3 is 15.4 Å². The zero-order chi connectivity index (χ0) is 14.6. The summed E-state index contributed by atoms with van der Waals surface area (Å²) >= 11 is 0. The van der Waals surface area contributed by atoms with E-state index in [0.29, 0.717) is 26.3 Å². The van der Waals surface area contributed by atoms with Crippen molar-refractivity contribution in [2.75, 3.05) is 26.0 Å². The third-order valence-corrected chi connectivity index (χ3v) is 4.18. The zero-order valence-corrected chi connectivity index (χ0v) is 13.3. The summed E-state index contributed by atoms with van der Waals surface area (Å²) in [5.74, 6) is -0.114. The van der Waals surface area contributed by atoms with Crippen molar-refractivity contribution in [3.63, 3.8) is 0 Å². The van der Waals surface area contributed by atoms with E-state index in [2.05, 4.69) is 10.6 Å². The molecule has 1 aromatic rings. The molecule has 0 aromatic heterocycles. The lowest BCUT2D eigenvalue weighted by molar-refractivity contribution is -0.126. The summed E-state index contributed by atoms with van der Waals surface area (Å²) in [6.45, 7) is 2.03. The van der Waals surface area contributed by atoms with Crippen LogP contribution in [0.2, 0.25) is 0 Å². The highest BCUT2D eigenvalue weighted by Crippen LogP contribution is 2.10. The van der Waals surface area contributed by atoms with Crippen LogP contribution in [0, 0.1) is 0 Å². The first-order valence-electron chi connectivity index (χ1n) is 6.34. The average molecular weight is 335 g/mol. The Morgan fingerprint density at radius 1 is 1.38 bits per heavy atom. The van der Waals surface area contributed by atoms with Crippen molar-refractivity contribution in [2.45, 2.75) is 17.5 Å². The van der Waals surface area contributed by atoms with Crippen LogP contribution in [-0.4, -0.2) is 46.4 Å². The van der Waals surface area contributed by atoms with Gasteiger partial charge in [0.05, 0.1) is 18.1 Å². The van der Waals surface area contributed by atoms with Crippen molar-refractivity contribution in [3.8, 4) is 0 Å². The monoisotopic (exact) mass is 334 g/mol. The SMILES string of the molecule is CS(=O)(=O)c1ccc(CNC(=O)C2COCCN2)cc1.Cl. The third-order valence-electron chi connectivity index (χ3n) is 3.06. The largest absolute Gasteiger partial charge is 0.378 e. The Balaban J connectivity index is 0.00000220. The Kier molecular flexibility index (Phi) is 6.60. The molecule has 118 valence electrons. The minimum Gasteiger partial charge on any atom is -0.378 e. The van der Waals surface area contributed by atoms with Gasteiger partial charge in [0, 0.05) is 19.3 Å². The molecule has 1 saturated heterocycles. The van der Waals surface area contributed by atoms with Gasteiger partial charge in [-0.05, 0) is 17.7 Å². The maximum atomic E-state index is 11.8. The van der Waals surface area contributed by atoms with E-state index in [1.807, 2.05) is 0 Å². The minimum atomic E-state index is -3.18. The van der Waals surface area contributed by atoms with Gasteiger partial charge in [0.2, 0.25) is 5.91 Å². The van der Waals surface area contributed by atoms with Crippen molar-refractivity contribution < 1.29 is 17.9 Å². The van der Waals surface area contributed by atoms with Gasteiger partial charge in [-0.25, -0.2) is 8.42 Å². The molecule has 1 fully saturated rings. The lowest BCUT2D eigenvalue weighted by Gasteiger charge is -2.22. The highest BCUT2D eigenvalue weighted by molar-refractivity contribution is 7.90. The smallest absolute Gasteiger partial charge is 0.239 e. The molecular weight excluding hydrogens is 316 g/mol. The van der Waals surface area contributed by atoms with Gasteiger partial charge in [-0.1, -0.05) is 12.1 Å². The number of sulfone groups is 1. The molecule has 1 aromatic carbocycles. The van der Waals surface area contributed by atoms with Crippen LogP contribution >= 0.6 is 12.4 Å². The first-order valence-corrected chi connectivity index (χ1v) is 8.24. The third kappa shape index (κ3) is 5.28. The normalized spacial score (nSPS) is 18.6. The fourth-order valence-electron chi connectivity index (χ4n) is 1.90. The van der Waals surface area contributed by atoms with Gasteiger partial charge in [-0.3, -0.25) is 4.79 Å². The van der Waals surface area contributed by atoms with E-state index >= 15 is 0 Å². The molecule has 1 heterocycles. The summed E-state index contributed by atoms with van der Waals surface area (Å²) in [4.78, 5) is 12.1. The highest BCUT2D eigenvalue weighted by atomic mass is 35.5. The number of carbonyl (C=O) groups is 1. The van der Waals surface area contributed by atoms with E-state index in [9.17, 15) is 13.2 Å². The maximum absolute atomic E-state index is 11.8. The average Bonchev–Trinajstić information content (AvgIpc) is 2.45. The number of carbonyl (C=O) groups excluding carboxylic acids is 1. The molecule has 0 saturated carbocycles. The number of morpholine rings is 1. The van der Waals surface area contributed by atoms with E-state index < -0.39 is 9.84 Å². The number of hydrogen-bond donors (Lipinski definition) is 2. The topological polar surface area (TPSA) is 84.5 Å². The van der Waals surface area contributed by atoms with Crippen LogP contribution in [-0.2, 0) is 25.9 Å². The van der Waals surface area contributed by atoms with Gasteiger partial charge in [0.25, 0.3) is 0 Å². The molecule has 2 rings (SSSR count). The minimum absolute atomic E-state index is 0. The van der Waals surface area contributed by atoms with Crippen LogP contribution in [0.3, 0.4) is 0 Å². The molecule has 0 spiro atoms. The molecule has 1 amide bonds. The Labute approximate surface area is 130 Å². The number of rotatable bonds is 4. The Morgan fingerprint density at radius 2 is 2.05 bits per heavy atom. The van der Waals surface area contributed by atoms with E-state index in [1.54, 1.807) is 24.3 Å². The van der Waals surface area contributed by atoms with E-state index in [1.165, 1.54) is 6.26 Å². The summed E-state index contributed by atoms with van der Waals surface area (Å²) in [7, 11) is -3.18. The number of amides is 1. The molecular formula is C13H19ClN2O4S. The highest BCUT2D eigenvalue weighted by Gasteiger charge is 2.20. The summed E-state index contributed by atoms with van der Waals surface area (Å²) in [6, 6.07) is 6.15. The van der Waals surface area contributed by atoms with Gasteiger partial charge >= 0.3 is 0 Å². The van der Waals surface area contributed by atoms with Crippen LogP contribution in [0.5, 0.6) is 0 Å². The van der Waals surface area contributed by atoms with E-state index in [4.69, 9.17) is 4.74 Å². The molecule has 8 heteroatoms. The molecule has 0 radical (unpaired) electrons.